The molecular weight excluding hydrogens is 148 g/mol. The average molecular weight is 164 g/mol. The lowest BCUT2D eigenvalue weighted by Gasteiger charge is -2.41. The first kappa shape index (κ1) is 8.07. The van der Waals surface area contributed by atoms with E-state index in [1.165, 1.54) is 38.9 Å². The Labute approximate surface area is 74.2 Å². The summed E-state index contributed by atoms with van der Waals surface area (Å²) >= 11 is 0. The van der Waals surface area contributed by atoms with Crippen LogP contribution in [0.25, 0.3) is 0 Å². The van der Waals surface area contributed by atoms with E-state index in [1.807, 2.05) is 0 Å². The Kier molecular flexibility index (Phi) is 2.32. The molecule has 2 heteroatoms. The second kappa shape index (κ2) is 3.45. The second-order valence-corrected chi connectivity index (χ2v) is 4.11. The molecule has 0 saturated carbocycles. The Balaban J connectivity index is 1.96. The molecule has 2 bridgehead atoms. The van der Waals surface area contributed by atoms with E-state index in [0.29, 0.717) is 5.92 Å². The summed E-state index contributed by atoms with van der Waals surface area (Å²) in [7, 11) is 0. The third-order valence-electron chi connectivity index (χ3n) is 3.38. The smallest absolute Gasteiger partial charge is 0.0624 e. The molecule has 0 N–H and O–H groups in total. The largest absolute Gasteiger partial charge is 0.303 e. The summed E-state index contributed by atoms with van der Waals surface area (Å²) in [6.45, 7) is 3.81. The van der Waals surface area contributed by atoms with Crippen LogP contribution < -0.4 is 0 Å². The minimum atomic E-state index is 0.714. The minimum absolute atomic E-state index is 0.714. The SMILES string of the molecule is N#CCC1CCN2CCCC1C2. The topological polar surface area (TPSA) is 27.0 Å². The summed E-state index contributed by atoms with van der Waals surface area (Å²) in [6, 6.07) is 2.32. The zero-order chi connectivity index (χ0) is 8.39. The molecule has 0 spiro atoms. The lowest BCUT2D eigenvalue weighted by molar-refractivity contribution is 0.0760. The molecule has 0 radical (unpaired) electrons. The van der Waals surface area contributed by atoms with Crippen molar-refractivity contribution >= 4 is 0 Å². The van der Waals surface area contributed by atoms with Crippen molar-refractivity contribution in [1.29, 1.82) is 5.26 Å². The summed E-state index contributed by atoms with van der Waals surface area (Å²) in [5.74, 6) is 1.55. The van der Waals surface area contributed by atoms with Crippen LogP contribution in [-0.2, 0) is 0 Å². The van der Waals surface area contributed by atoms with Crippen molar-refractivity contribution in [2.45, 2.75) is 25.7 Å². The molecule has 0 aromatic rings. The molecule has 2 rings (SSSR count). The van der Waals surface area contributed by atoms with Gasteiger partial charge in [0.1, 0.15) is 0 Å². The zero-order valence-electron chi connectivity index (χ0n) is 7.50. The van der Waals surface area contributed by atoms with Gasteiger partial charge in [0.25, 0.3) is 0 Å². The minimum Gasteiger partial charge on any atom is -0.303 e. The van der Waals surface area contributed by atoms with Crippen LogP contribution in [0.5, 0.6) is 0 Å². The van der Waals surface area contributed by atoms with E-state index in [0.717, 1.165) is 12.3 Å². The Bertz CT molecular complexity index is 195. The Morgan fingerprint density at radius 3 is 3.08 bits per heavy atom. The van der Waals surface area contributed by atoms with Crippen LogP contribution in [0.15, 0.2) is 0 Å². The van der Waals surface area contributed by atoms with Crippen LogP contribution in [-0.4, -0.2) is 24.5 Å². The van der Waals surface area contributed by atoms with Gasteiger partial charge in [-0.15, -0.1) is 0 Å². The van der Waals surface area contributed by atoms with Gasteiger partial charge in [-0.1, -0.05) is 0 Å². The predicted molar refractivity (Wildman–Crippen MR) is 47.5 cm³/mol. The van der Waals surface area contributed by atoms with E-state index < -0.39 is 0 Å². The highest BCUT2D eigenvalue weighted by Crippen LogP contribution is 2.32. The highest BCUT2D eigenvalue weighted by molar-refractivity contribution is 4.88. The van der Waals surface area contributed by atoms with Gasteiger partial charge in [0, 0.05) is 13.0 Å². The van der Waals surface area contributed by atoms with E-state index >= 15 is 0 Å². The first-order chi connectivity index (χ1) is 5.90. The number of nitrogens with zero attached hydrogens (tertiary/aromatic N) is 2. The van der Waals surface area contributed by atoms with Crippen molar-refractivity contribution in [3.05, 3.63) is 0 Å². The third kappa shape index (κ3) is 1.47. The third-order valence-corrected chi connectivity index (χ3v) is 3.38. The van der Waals surface area contributed by atoms with Crippen molar-refractivity contribution in [2.24, 2.45) is 11.8 Å². The van der Waals surface area contributed by atoms with Crippen LogP contribution in [0.1, 0.15) is 25.7 Å². The van der Waals surface area contributed by atoms with Crippen molar-refractivity contribution in [3.8, 4) is 6.07 Å². The number of fused-ring (bicyclic) bond motifs is 2. The molecule has 12 heavy (non-hydrogen) atoms. The van der Waals surface area contributed by atoms with Crippen molar-refractivity contribution in [2.75, 3.05) is 19.6 Å². The Hall–Kier alpha value is -0.550. The molecule has 0 aliphatic carbocycles. The molecule has 3 unspecified atom stereocenters. The number of rotatable bonds is 1. The zero-order valence-corrected chi connectivity index (χ0v) is 7.50. The lowest BCUT2D eigenvalue weighted by atomic mass is 9.78. The molecule has 66 valence electrons. The highest BCUT2D eigenvalue weighted by Gasteiger charge is 2.31. The number of nitriles is 1. The second-order valence-electron chi connectivity index (χ2n) is 4.11. The van der Waals surface area contributed by atoms with E-state index in [-0.39, 0.29) is 0 Å². The summed E-state index contributed by atoms with van der Waals surface area (Å²) in [5, 5.41) is 8.65. The Morgan fingerprint density at radius 1 is 1.33 bits per heavy atom. The summed E-state index contributed by atoms with van der Waals surface area (Å²) in [6.07, 6.45) is 4.77. The van der Waals surface area contributed by atoms with Crippen molar-refractivity contribution in [3.63, 3.8) is 0 Å². The first-order valence-electron chi connectivity index (χ1n) is 4.99. The van der Waals surface area contributed by atoms with Crippen LogP contribution in [0.4, 0.5) is 0 Å². The molecule has 2 heterocycles. The molecule has 2 aliphatic heterocycles. The highest BCUT2D eigenvalue weighted by atomic mass is 15.1. The lowest BCUT2D eigenvalue weighted by Crippen LogP contribution is -2.44. The fourth-order valence-electron chi connectivity index (χ4n) is 2.65. The molecule has 0 aromatic heterocycles. The molecule has 2 saturated heterocycles. The summed E-state index contributed by atoms with van der Waals surface area (Å²) in [4.78, 5) is 2.56. The van der Waals surface area contributed by atoms with Gasteiger partial charge in [-0.2, -0.15) is 5.26 Å². The van der Waals surface area contributed by atoms with Crippen LogP contribution >= 0.6 is 0 Å². The monoisotopic (exact) mass is 164 g/mol. The van der Waals surface area contributed by atoms with E-state index in [2.05, 4.69) is 11.0 Å². The molecule has 2 fully saturated rings. The van der Waals surface area contributed by atoms with Gasteiger partial charge in [-0.05, 0) is 44.2 Å². The molecule has 3 atom stereocenters. The van der Waals surface area contributed by atoms with Crippen molar-refractivity contribution in [1.82, 2.24) is 4.90 Å². The number of hydrogen-bond acceptors (Lipinski definition) is 2. The molecule has 2 aliphatic rings. The Morgan fingerprint density at radius 2 is 2.25 bits per heavy atom. The normalized spacial score (nSPS) is 40.4. The van der Waals surface area contributed by atoms with Gasteiger partial charge in [-0.3, -0.25) is 0 Å². The predicted octanol–water partition coefficient (Wildman–Crippen LogP) is 1.63. The molecule has 2 nitrogen and oxygen atoms in total. The fraction of sp³-hybridized carbons (Fsp3) is 0.900. The number of piperidine rings is 2. The van der Waals surface area contributed by atoms with Gasteiger partial charge in [0.2, 0.25) is 0 Å². The first-order valence-corrected chi connectivity index (χ1v) is 4.99. The number of hydrogen-bond donors (Lipinski definition) is 0. The fourth-order valence-corrected chi connectivity index (χ4v) is 2.65. The van der Waals surface area contributed by atoms with Gasteiger partial charge < -0.3 is 4.90 Å². The maximum Gasteiger partial charge on any atom is 0.0624 e. The maximum atomic E-state index is 8.65. The average Bonchev–Trinajstić information content (AvgIpc) is 2.11. The van der Waals surface area contributed by atoms with Gasteiger partial charge in [0.15, 0.2) is 0 Å². The maximum absolute atomic E-state index is 8.65. The van der Waals surface area contributed by atoms with Crippen molar-refractivity contribution < 1.29 is 0 Å². The standard InChI is InChI=1S/C10H16N2/c11-5-3-9-4-7-12-6-1-2-10(9)8-12/h9-10H,1-4,6-8H2. The van der Waals surface area contributed by atoms with Gasteiger partial charge in [0.05, 0.1) is 6.07 Å². The van der Waals surface area contributed by atoms with Gasteiger partial charge in [-0.25, -0.2) is 0 Å². The quantitative estimate of drug-likeness (QED) is 0.589. The molecule has 0 amide bonds. The molecule has 0 aromatic carbocycles. The van der Waals surface area contributed by atoms with E-state index in [9.17, 15) is 0 Å². The van der Waals surface area contributed by atoms with Crippen LogP contribution in [0, 0.1) is 23.2 Å². The van der Waals surface area contributed by atoms with E-state index in [4.69, 9.17) is 5.26 Å². The van der Waals surface area contributed by atoms with Crippen LogP contribution in [0.3, 0.4) is 0 Å². The summed E-state index contributed by atoms with van der Waals surface area (Å²) in [5.41, 5.74) is 0. The van der Waals surface area contributed by atoms with Crippen LogP contribution in [0.2, 0.25) is 0 Å². The summed E-state index contributed by atoms with van der Waals surface area (Å²) < 4.78 is 0. The van der Waals surface area contributed by atoms with E-state index in [1.54, 1.807) is 0 Å². The molecular formula is C10H16N2. The van der Waals surface area contributed by atoms with Gasteiger partial charge >= 0.3 is 0 Å².